The van der Waals surface area contributed by atoms with Crippen molar-refractivity contribution in [3.05, 3.63) is 12.7 Å². The van der Waals surface area contributed by atoms with Crippen LogP contribution in [0.4, 0.5) is 5.82 Å². The molecule has 3 heterocycles. The number of carbonyl (C=O) groups excluding carboxylic acids is 3. The molecule has 0 bridgehead atoms. The number of anilines is 1. The van der Waals surface area contributed by atoms with E-state index in [0.717, 1.165) is 29.0 Å². The van der Waals surface area contributed by atoms with Crippen molar-refractivity contribution >= 4 is 75.1 Å². The van der Waals surface area contributed by atoms with Crippen LogP contribution in [0.1, 0.15) is 33.4 Å². The molecule has 0 aromatic carbocycles. The van der Waals surface area contributed by atoms with Crippen LogP contribution in [0.2, 0.25) is 0 Å². The summed E-state index contributed by atoms with van der Waals surface area (Å²) in [5.74, 6) is -4.01. The molecule has 3 unspecified atom stereocenters. The average molecular weight is 868 g/mol. The van der Waals surface area contributed by atoms with Gasteiger partial charge in [-0.3, -0.25) is 37.3 Å². The zero-order valence-electron chi connectivity index (χ0n) is 29.0. The Balaban J connectivity index is 1.50. The fourth-order valence-electron chi connectivity index (χ4n) is 4.51. The standard InChI is InChI=1S/C25H40N7O19P3S/c1-12(23(37)38)24(39)55-7-6-27-14(33)4-5-28-21(36)18(35)25(2,3)9-48-54(45,46)51-53(43,44)47-8-13-17(50-52(40,41)42)16(34)22(49-13)32-11-31-15-19(26)29-10-30-20(15)32/h10-13,16-18,22,34-35H,4-9H2,1-3H3,(H,27,33)(H,28,36)(H,37,38)(H,43,44)(H,45,46)(H2,26,29,30)(H2,40,41,42)/t12-,13+,16+,17+,18?,22+/m0/s1. The summed E-state index contributed by atoms with van der Waals surface area (Å²) in [6, 6.07) is 0. The highest BCUT2D eigenvalue weighted by molar-refractivity contribution is 8.13. The van der Waals surface area contributed by atoms with E-state index in [1.165, 1.54) is 20.8 Å². The second kappa shape index (κ2) is 19.0. The molecule has 0 saturated carbocycles. The first kappa shape index (κ1) is 46.4. The Bertz CT molecular complexity index is 1860. The largest absolute Gasteiger partial charge is 0.481 e. The zero-order chi connectivity index (χ0) is 41.5. The number of ether oxygens (including phenoxy) is 1. The normalized spacial score (nSPS) is 22.3. The molecule has 0 aliphatic carbocycles. The smallest absolute Gasteiger partial charge is 0.481 e. The van der Waals surface area contributed by atoms with Gasteiger partial charge >= 0.3 is 29.4 Å². The predicted octanol–water partition coefficient (Wildman–Crippen LogP) is -1.61. The number of fused-ring (bicyclic) bond motifs is 1. The van der Waals surface area contributed by atoms with Crippen LogP contribution in [-0.2, 0) is 55.5 Å². The third-order valence-electron chi connectivity index (χ3n) is 7.47. The van der Waals surface area contributed by atoms with Gasteiger partial charge in [-0.05, 0) is 6.92 Å². The molecule has 2 aromatic rings. The highest BCUT2D eigenvalue weighted by Gasteiger charge is 2.50. The minimum Gasteiger partial charge on any atom is -0.481 e. The fourth-order valence-corrected chi connectivity index (χ4v) is 8.09. The van der Waals surface area contributed by atoms with Gasteiger partial charge < -0.3 is 56.0 Å². The van der Waals surface area contributed by atoms with Gasteiger partial charge in [-0.1, -0.05) is 25.6 Å². The Morgan fingerprint density at radius 1 is 1.05 bits per heavy atom. The summed E-state index contributed by atoms with van der Waals surface area (Å²) in [4.78, 5) is 97.8. The van der Waals surface area contributed by atoms with Crippen molar-refractivity contribution in [1.29, 1.82) is 0 Å². The van der Waals surface area contributed by atoms with Crippen molar-refractivity contribution in [3.63, 3.8) is 0 Å². The monoisotopic (exact) mass is 867 g/mol. The number of aliphatic carboxylic acids is 1. The summed E-state index contributed by atoms with van der Waals surface area (Å²) in [6.45, 7) is 1.35. The van der Waals surface area contributed by atoms with E-state index in [0.29, 0.717) is 0 Å². The van der Waals surface area contributed by atoms with Crippen molar-refractivity contribution in [2.24, 2.45) is 11.3 Å². The number of carboxylic acid groups (broad SMARTS) is 1. The Labute approximate surface area is 314 Å². The lowest BCUT2D eigenvalue weighted by molar-refractivity contribution is -0.143. The molecule has 0 spiro atoms. The molecule has 3 rings (SSSR count). The van der Waals surface area contributed by atoms with Gasteiger partial charge in [-0.15, -0.1) is 0 Å². The van der Waals surface area contributed by atoms with Crippen LogP contribution < -0.4 is 16.4 Å². The van der Waals surface area contributed by atoms with Crippen molar-refractivity contribution < 1.29 is 90.4 Å². The molecule has 1 saturated heterocycles. The number of hydrogen-bond acceptors (Lipinski definition) is 19. The van der Waals surface area contributed by atoms with E-state index in [4.69, 9.17) is 24.6 Å². The van der Waals surface area contributed by atoms with Gasteiger partial charge in [0.05, 0.1) is 19.5 Å². The van der Waals surface area contributed by atoms with E-state index in [1.807, 2.05) is 0 Å². The molecular weight excluding hydrogens is 827 g/mol. The summed E-state index contributed by atoms with van der Waals surface area (Å²) in [5, 5.41) is 34.3. The van der Waals surface area contributed by atoms with Gasteiger partial charge in [0.2, 0.25) is 16.9 Å². The summed E-state index contributed by atoms with van der Waals surface area (Å²) in [5.41, 5.74) is 4.19. The maximum Gasteiger partial charge on any atom is 0.481 e. The number of nitrogens with zero attached hydrogens (tertiary/aromatic N) is 4. The van der Waals surface area contributed by atoms with Crippen LogP contribution in [0.15, 0.2) is 12.7 Å². The molecule has 55 heavy (non-hydrogen) atoms. The van der Waals surface area contributed by atoms with E-state index in [2.05, 4.69) is 34.4 Å². The second-order valence-electron chi connectivity index (χ2n) is 12.3. The number of nitrogens with two attached hydrogens (primary N) is 1. The van der Waals surface area contributed by atoms with E-state index in [-0.39, 0.29) is 42.2 Å². The highest BCUT2D eigenvalue weighted by atomic mass is 32.2. The topological polar surface area (TPSA) is 401 Å². The van der Waals surface area contributed by atoms with Crippen LogP contribution in [-0.4, -0.2) is 134 Å². The van der Waals surface area contributed by atoms with Crippen LogP contribution in [0.5, 0.6) is 0 Å². The second-order valence-corrected chi connectivity index (χ2v) is 17.6. The molecule has 2 aromatic heterocycles. The minimum absolute atomic E-state index is 0.0183. The first-order chi connectivity index (χ1) is 25.3. The number of carbonyl (C=O) groups is 4. The molecule has 1 fully saturated rings. The van der Waals surface area contributed by atoms with E-state index in [9.17, 15) is 62.7 Å². The number of rotatable bonds is 21. The number of imidazole rings is 1. The first-order valence-electron chi connectivity index (χ1n) is 15.6. The summed E-state index contributed by atoms with van der Waals surface area (Å²) < 4.78 is 61.9. The maximum atomic E-state index is 12.6. The SMILES string of the molecule is C[C@@H](C(=O)O)C(=O)SCCNC(=O)CCNC(=O)C(O)C(C)(C)COP(=O)(O)OP(=O)(O)OC[C@H]1O[C@@H](n2cnc3c(N)ncnc32)[C@H](O)[C@@H]1OP(=O)(O)O. The van der Waals surface area contributed by atoms with Crippen LogP contribution in [0, 0.1) is 11.3 Å². The van der Waals surface area contributed by atoms with Gasteiger partial charge in [0.15, 0.2) is 17.7 Å². The summed E-state index contributed by atoms with van der Waals surface area (Å²) in [6.07, 6.45) is -7.13. The minimum atomic E-state index is -5.59. The number of carboxylic acids is 1. The Hall–Kier alpha value is -2.97. The molecular formula is C25H40N7O19P3S. The Morgan fingerprint density at radius 3 is 2.35 bits per heavy atom. The number of aliphatic hydroxyl groups is 2. The molecule has 1 aliphatic heterocycles. The molecule has 2 amide bonds. The summed E-state index contributed by atoms with van der Waals surface area (Å²) in [7, 11) is -16.4. The average Bonchev–Trinajstić information content (AvgIpc) is 3.64. The molecule has 11 N–H and O–H groups in total. The Morgan fingerprint density at radius 2 is 1.71 bits per heavy atom. The number of hydrogen-bond donors (Lipinski definition) is 10. The Kier molecular flexibility index (Phi) is 16.0. The van der Waals surface area contributed by atoms with Crippen LogP contribution in [0.25, 0.3) is 11.2 Å². The molecule has 26 nitrogen and oxygen atoms in total. The number of nitrogens with one attached hydrogen (secondary N) is 2. The van der Waals surface area contributed by atoms with Crippen molar-refractivity contribution in [3.8, 4) is 0 Å². The lowest BCUT2D eigenvalue weighted by Crippen LogP contribution is -2.46. The number of aliphatic hydroxyl groups excluding tert-OH is 2. The van der Waals surface area contributed by atoms with Gasteiger partial charge in [0, 0.05) is 30.7 Å². The molecule has 30 heteroatoms. The van der Waals surface area contributed by atoms with Gasteiger partial charge in [-0.25, -0.2) is 28.6 Å². The van der Waals surface area contributed by atoms with Gasteiger partial charge in [0.1, 0.15) is 42.2 Å². The lowest BCUT2D eigenvalue weighted by atomic mass is 9.87. The number of thioether (sulfide) groups is 1. The third kappa shape index (κ3) is 13.6. The summed E-state index contributed by atoms with van der Waals surface area (Å²) >= 11 is 0.726. The van der Waals surface area contributed by atoms with Gasteiger partial charge in [0.25, 0.3) is 0 Å². The van der Waals surface area contributed by atoms with Crippen molar-refractivity contribution in [1.82, 2.24) is 30.2 Å². The number of phosphoric acid groups is 3. The molecule has 8 atom stereocenters. The van der Waals surface area contributed by atoms with Crippen molar-refractivity contribution in [2.45, 2.75) is 57.8 Å². The zero-order valence-corrected chi connectivity index (χ0v) is 32.5. The maximum absolute atomic E-state index is 12.6. The predicted molar refractivity (Wildman–Crippen MR) is 184 cm³/mol. The number of amides is 2. The number of phosphoric ester groups is 3. The number of aromatic nitrogens is 4. The van der Waals surface area contributed by atoms with E-state index >= 15 is 0 Å². The lowest BCUT2D eigenvalue weighted by Gasteiger charge is -2.30. The van der Waals surface area contributed by atoms with Crippen LogP contribution in [0.3, 0.4) is 0 Å². The molecule has 0 radical (unpaired) electrons. The van der Waals surface area contributed by atoms with Gasteiger partial charge in [-0.2, -0.15) is 4.31 Å². The number of nitrogen functional groups attached to an aromatic ring is 1. The molecule has 1 aliphatic rings. The highest BCUT2D eigenvalue weighted by Crippen LogP contribution is 2.61. The van der Waals surface area contributed by atoms with E-state index in [1.54, 1.807) is 0 Å². The van der Waals surface area contributed by atoms with E-state index < -0.39 is 102 Å². The third-order valence-corrected chi connectivity index (χ3v) is 11.6. The van der Waals surface area contributed by atoms with Crippen molar-refractivity contribution in [2.75, 3.05) is 37.8 Å². The quantitative estimate of drug-likeness (QED) is 0.0383. The first-order valence-corrected chi connectivity index (χ1v) is 21.1. The van der Waals surface area contributed by atoms with Crippen LogP contribution >= 0.6 is 35.2 Å². The molecule has 310 valence electrons. The fraction of sp³-hybridized carbons (Fsp3) is 0.640.